The van der Waals surface area contributed by atoms with Crippen LogP contribution in [0.25, 0.3) is 0 Å². The van der Waals surface area contributed by atoms with Crippen LogP contribution in [0.5, 0.6) is 0 Å². The molecule has 3 aromatic rings. The Kier molecular flexibility index (Phi) is 8.15. The number of halogens is 2. The number of anilines is 2. The number of piperidine rings is 1. The van der Waals surface area contributed by atoms with E-state index in [1.54, 1.807) is 19.1 Å². The highest BCUT2D eigenvalue weighted by atomic mass is 35.5. The van der Waals surface area contributed by atoms with Gasteiger partial charge in [0.15, 0.2) is 0 Å². The van der Waals surface area contributed by atoms with E-state index in [2.05, 4.69) is 10.0 Å². The maximum absolute atomic E-state index is 13.0. The van der Waals surface area contributed by atoms with Gasteiger partial charge in [-0.15, -0.1) is 0 Å². The number of benzene rings is 3. The molecule has 0 aliphatic carbocycles. The predicted molar refractivity (Wildman–Crippen MR) is 145 cm³/mol. The highest BCUT2D eigenvalue weighted by molar-refractivity contribution is 7.92. The van der Waals surface area contributed by atoms with Crippen LogP contribution in [0.15, 0.2) is 70.5 Å². The molecule has 0 saturated carbocycles. The first-order chi connectivity index (χ1) is 17.5. The van der Waals surface area contributed by atoms with E-state index >= 15 is 0 Å². The molecule has 1 fully saturated rings. The van der Waals surface area contributed by atoms with Gasteiger partial charge >= 0.3 is 0 Å². The summed E-state index contributed by atoms with van der Waals surface area (Å²) in [7, 11) is -7.57. The Hall–Kier alpha value is -2.63. The summed E-state index contributed by atoms with van der Waals surface area (Å²) >= 11 is 11.8. The lowest BCUT2D eigenvalue weighted by Gasteiger charge is -2.26. The molecule has 0 unspecified atom stereocenters. The van der Waals surface area contributed by atoms with Crippen molar-refractivity contribution in [2.24, 2.45) is 0 Å². The largest absolute Gasteiger partial charge is 0.322 e. The molecule has 1 aliphatic rings. The summed E-state index contributed by atoms with van der Waals surface area (Å²) in [5.74, 6) is -0.463. The quantitative estimate of drug-likeness (QED) is 0.381. The second-order valence-corrected chi connectivity index (χ2v) is 13.1. The fourth-order valence-electron chi connectivity index (χ4n) is 3.89. The summed E-state index contributed by atoms with van der Waals surface area (Å²) in [4.78, 5) is 12.9. The molecule has 1 amide bonds. The molecule has 8 nitrogen and oxygen atoms in total. The zero-order valence-corrected chi connectivity index (χ0v) is 23.0. The van der Waals surface area contributed by atoms with E-state index in [1.165, 1.54) is 52.8 Å². The molecule has 0 aromatic heterocycles. The van der Waals surface area contributed by atoms with Crippen molar-refractivity contribution >= 4 is 60.5 Å². The van der Waals surface area contributed by atoms with Gasteiger partial charge in [-0.1, -0.05) is 35.7 Å². The second kappa shape index (κ2) is 11.0. The van der Waals surface area contributed by atoms with Gasteiger partial charge in [0.1, 0.15) is 0 Å². The molecular weight excluding hydrogens is 557 g/mol. The highest BCUT2D eigenvalue weighted by Gasteiger charge is 2.26. The fraction of sp³-hybridized carbons (Fsp3) is 0.240. The van der Waals surface area contributed by atoms with Crippen molar-refractivity contribution in [1.82, 2.24) is 4.31 Å². The number of aryl methyl sites for hydroxylation is 1. The summed E-state index contributed by atoms with van der Waals surface area (Å²) in [6, 6.07) is 14.5. The first-order valence-corrected chi connectivity index (χ1v) is 15.2. The van der Waals surface area contributed by atoms with E-state index in [-0.39, 0.29) is 31.1 Å². The van der Waals surface area contributed by atoms with Crippen LogP contribution in [0.2, 0.25) is 10.0 Å². The van der Waals surface area contributed by atoms with Crippen molar-refractivity contribution in [3.8, 4) is 0 Å². The molecule has 4 rings (SSSR count). The van der Waals surface area contributed by atoms with Crippen LogP contribution in [0, 0.1) is 6.92 Å². The van der Waals surface area contributed by atoms with Gasteiger partial charge in [-0.25, -0.2) is 16.8 Å². The molecule has 1 saturated heterocycles. The zero-order valence-electron chi connectivity index (χ0n) is 19.9. The first-order valence-electron chi connectivity index (χ1n) is 11.5. The highest BCUT2D eigenvalue weighted by Crippen LogP contribution is 2.27. The molecule has 37 heavy (non-hydrogen) atoms. The average molecular weight is 583 g/mol. The lowest BCUT2D eigenvalue weighted by molar-refractivity contribution is 0.102. The summed E-state index contributed by atoms with van der Waals surface area (Å²) in [5, 5.41) is 3.11. The molecule has 2 N–H and O–H groups in total. The standard InChI is InChI=1S/C25H25Cl2N3O5S2/c1-17-5-10-21(37(34,35)30-13-3-2-4-14-30)16-24(17)28-25(31)18-6-8-19(9-7-18)29-36(32,33)20-11-12-22(26)23(27)15-20/h5-12,15-16,29H,2-4,13-14H2,1H3,(H,28,31). The van der Waals surface area contributed by atoms with Crippen molar-refractivity contribution in [2.45, 2.75) is 36.0 Å². The number of carbonyl (C=O) groups excluding carboxylic acids is 1. The van der Waals surface area contributed by atoms with Crippen LogP contribution < -0.4 is 10.0 Å². The van der Waals surface area contributed by atoms with Crippen molar-refractivity contribution in [2.75, 3.05) is 23.1 Å². The van der Waals surface area contributed by atoms with Gasteiger partial charge < -0.3 is 5.32 Å². The Bertz CT molecular complexity index is 1540. The van der Waals surface area contributed by atoms with Gasteiger partial charge in [-0.2, -0.15) is 4.31 Å². The molecule has 196 valence electrons. The molecular formula is C25H25Cl2N3O5S2. The molecule has 1 heterocycles. The second-order valence-electron chi connectivity index (χ2n) is 8.65. The van der Waals surface area contributed by atoms with E-state index in [0.29, 0.717) is 24.3 Å². The average Bonchev–Trinajstić information content (AvgIpc) is 2.87. The number of hydrogen-bond acceptors (Lipinski definition) is 5. The third-order valence-corrected chi connectivity index (χ3v) is 10.0. The van der Waals surface area contributed by atoms with E-state index in [4.69, 9.17) is 23.2 Å². The van der Waals surface area contributed by atoms with Crippen LogP contribution in [-0.4, -0.2) is 40.1 Å². The topological polar surface area (TPSA) is 113 Å². The lowest BCUT2D eigenvalue weighted by atomic mass is 10.1. The van der Waals surface area contributed by atoms with Gasteiger partial charge in [-0.3, -0.25) is 9.52 Å². The van der Waals surface area contributed by atoms with Crippen LogP contribution in [0.1, 0.15) is 35.2 Å². The Balaban J connectivity index is 1.48. The summed E-state index contributed by atoms with van der Waals surface area (Å²) in [6.45, 7) is 2.74. The van der Waals surface area contributed by atoms with E-state index < -0.39 is 26.0 Å². The summed E-state index contributed by atoms with van der Waals surface area (Å²) in [6.07, 6.45) is 2.67. The normalized spacial score (nSPS) is 14.8. The minimum atomic E-state index is -3.92. The van der Waals surface area contributed by atoms with E-state index in [1.807, 2.05) is 0 Å². The number of sulfonamides is 2. The van der Waals surface area contributed by atoms with Crippen molar-refractivity contribution in [3.05, 3.63) is 81.8 Å². The van der Waals surface area contributed by atoms with Crippen LogP contribution >= 0.6 is 23.2 Å². The maximum Gasteiger partial charge on any atom is 0.261 e. The van der Waals surface area contributed by atoms with Gasteiger partial charge in [0.2, 0.25) is 10.0 Å². The maximum atomic E-state index is 13.0. The first kappa shape index (κ1) is 27.4. The minimum absolute atomic E-state index is 0.0569. The van der Waals surface area contributed by atoms with Crippen molar-refractivity contribution < 1.29 is 21.6 Å². The lowest BCUT2D eigenvalue weighted by Crippen LogP contribution is -2.35. The SMILES string of the molecule is Cc1ccc(S(=O)(=O)N2CCCCC2)cc1NC(=O)c1ccc(NS(=O)(=O)c2ccc(Cl)c(Cl)c2)cc1. The van der Waals surface area contributed by atoms with Gasteiger partial charge in [-0.05, 0) is 79.9 Å². The van der Waals surface area contributed by atoms with Crippen molar-refractivity contribution in [3.63, 3.8) is 0 Å². The molecule has 0 spiro atoms. The third-order valence-electron chi connectivity index (χ3n) is 6.01. The molecule has 1 aliphatic heterocycles. The van der Waals surface area contributed by atoms with Crippen LogP contribution in [-0.2, 0) is 20.0 Å². The Labute approximate surface area is 226 Å². The zero-order chi connectivity index (χ0) is 26.8. The Morgan fingerprint density at radius 1 is 0.811 bits per heavy atom. The van der Waals surface area contributed by atoms with Crippen molar-refractivity contribution in [1.29, 1.82) is 0 Å². The fourth-order valence-corrected chi connectivity index (χ4v) is 6.88. The van der Waals surface area contributed by atoms with Gasteiger partial charge in [0.05, 0.1) is 19.8 Å². The van der Waals surface area contributed by atoms with Gasteiger partial charge in [0.25, 0.3) is 15.9 Å². The summed E-state index contributed by atoms with van der Waals surface area (Å²) in [5.41, 5.74) is 1.60. The number of nitrogens with one attached hydrogen (secondary N) is 2. The minimum Gasteiger partial charge on any atom is -0.322 e. The molecule has 0 bridgehead atoms. The van der Waals surface area contributed by atoms with Crippen LogP contribution in [0.4, 0.5) is 11.4 Å². The Morgan fingerprint density at radius 2 is 1.46 bits per heavy atom. The van der Waals surface area contributed by atoms with E-state index in [9.17, 15) is 21.6 Å². The predicted octanol–water partition coefficient (Wildman–Crippen LogP) is 5.53. The summed E-state index contributed by atoms with van der Waals surface area (Å²) < 4.78 is 55.3. The number of nitrogens with zero attached hydrogens (tertiary/aromatic N) is 1. The number of carbonyl (C=O) groups is 1. The molecule has 12 heteroatoms. The number of rotatable bonds is 7. The monoisotopic (exact) mass is 581 g/mol. The third kappa shape index (κ3) is 6.27. The molecule has 0 atom stereocenters. The molecule has 0 radical (unpaired) electrons. The Morgan fingerprint density at radius 3 is 2.11 bits per heavy atom. The van der Waals surface area contributed by atoms with Gasteiger partial charge in [0, 0.05) is 30.0 Å². The van der Waals surface area contributed by atoms with E-state index in [0.717, 1.165) is 19.3 Å². The number of amides is 1. The molecule has 3 aromatic carbocycles. The number of hydrogen-bond donors (Lipinski definition) is 2. The smallest absolute Gasteiger partial charge is 0.261 e. The van der Waals surface area contributed by atoms with Crippen LogP contribution in [0.3, 0.4) is 0 Å².